The van der Waals surface area contributed by atoms with E-state index >= 15 is 0 Å². The van der Waals surface area contributed by atoms with Crippen molar-refractivity contribution in [3.05, 3.63) is 51.6 Å². The van der Waals surface area contributed by atoms with Gasteiger partial charge in [0.15, 0.2) is 17.1 Å². The van der Waals surface area contributed by atoms with Crippen LogP contribution >= 0.6 is 27.3 Å². The predicted molar refractivity (Wildman–Crippen MR) is 84.7 cm³/mol. The second-order valence-electron chi connectivity index (χ2n) is 4.48. The zero-order valence-corrected chi connectivity index (χ0v) is 13.2. The monoisotopic (exact) mass is 349 g/mol. The van der Waals surface area contributed by atoms with E-state index < -0.39 is 0 Å². The molecule has 0 radical (unpaired) electrons. The summed E-state index contributed by atoms with van der Waals surface area (Å²) in [7, 11) is 1.94. The number of benzene rings is 1. The third kappa shape index (κ3) is 2.36. The molecule has 0 atom stereocenters. The van der Waals surface area contributed by atoms with Gasteiger partial charge in [-0.3, -0.25) is 9.20 Å². The van der Waals surface area contributed by atoms with Crippen molar-refractivity contribution >= 4 is 44.3 Å². The second-order valence-corrected chi connectivity index (χ2v) is 6.27. The Bertz CT molecular complexity index is 765. The number of imidazole rings is 1. The molecule has 0 amide bonds. The Kier molecular flexibility index (Phi) is 3.58. The average molecular weight is 350 g/mol. The van der Waals surface area contributed by atoms with E-state index in [9.17, 15) is 4.79 Å². The molecular weight excluding hydrogens is 338 g/mol. The van der Waals surface area contributed by atoms with Crippen molar-refractivity contribution in [2.45, 2.75) is 6.54 Å². The van der Waals surface area contributed by atoms with Gasteiger partial charge in [0.1, 0.15) is 5.69 Å². The minimum absolute atomic E-state index is 0.596. The van der Waals surface area contributed by atoms with Gasteiger partial charge in [0.25, 0.3) is 0 Å². The highest BCUT2D eigenvalue weighted by Gasteiger charge is 2.16. The van der Waals surface area contributed by atoms with Gasteiger partial charge in [-0.2, -0.15) is 0 Å². The zero-order chi connectivity index (χ0) is 14.1. The molecule has 0 fully saturated rings. The molecule has 0 aliphatic heterocycles. The van der Waals surface area contributed by atoms with E-state index in [0.29, 0.717) is 18.1 Å². The summed E-state index contributed by atoms with van der Waals surface area (Å²) in [5.41, 5.74) is 1.76. The van der Waals surface area contributed by atoms with E-state index in [-0.39, 0.29) is 0 Å². The van der Waals surface area contributed by atoms with E-state index in [1.807, 2.05) is 40.1 Å². The Balaban J connectivity index is 1.94. The first-order valence-electron chi connectivity index (χ1n) is 6.05. The van der Waals surface area contributed by atoms with Gasteiger partial charge in [-0.15, -0.1) is 11.3 Å². The van der Waals surface area contributed by atoms with E-state index in [2.05, 4.69) is 33.0 Å². The lowest BCUT2D eigenvalue weighted by Gasteiger charge is -2.17. The number of thiazole rings is 1. The third-order valence-electron chi connectivity index (χ3n) is 3.06. The summed E-state index contributed by atoms with van der Waals surface area (Å²) < 4.78 is 2.87. The Labute approximate surface area is 128 Å². The summed E-state index contributed by atoms with van der Waals surface area (Å²) in [4.78, 5) is 18.7. The van der Waals surface area contributed by atoms with Gasteiger partial charge in [-0.1, -0.05) is 28.1 Å². The van der Waals surface area contributed by atoms with E-state index in [1.54, 1.807) is 0 Å². The molecule has 0 spiro atoms. The van der Waals surface area contributed by atoms with Crippen LogP contribution in [-0.4, -0.2) is 22.7 Å². The maximum Gasteiger partial charge on any atom is 0.196 e. The Morgan fingerprint density at radius 3 is 3.10 bits per heavy atom. The van der Waals surface area contributed by atoms with Crippen LogP contribution in [-0.2, 0) is 6.54 Å². The summed E-state index contributed by atoms with van der Waals surface area (Å²) in [6.07, 6.45) is 2.73. The number of aromatic nitrogens is 2. The molecule has 2 heterocycles. The number of carbonyl (C=O) groups is 1. The minimum atomic E-state index is 0.596. The first-order valence-corrected chi connectivity index (χ1v) is 7.72. The van der Waals surface area contributed by atoms with E-state index in [4.69, 9.17) is 0 Å². The molecule has 0 aliphatic rings. The molecule has 3 rings (SSSR count). The lowest BCUT2D eigenvalue weighted by molar-refractivity contribution is 0.111. The Morgan fingerprint density at radius 2 is 2.35 bits per heavy atom. The maximum atomic E-state index is 11.3. The lowest BCUT2D eigenvalue weighted by Crippen LogP contribution is -2.18. The predicted octanol–water partition coefficient (Wildman–Crippen LogP) is 3.61. The number of hydrogen-bond donors (Lipinski definition) is 0. The summed E-state index contributed by atoms with van der Waals surface area (Å²) in [6.45, 7) is 0.700. The molecule has 0 N–H and O–H groups in total. The first kappa shape index (κ1) is 13.3. The summed E-state index contributed by atoms with van der Waals surface area (Å²) in [6, 6.07) is 8.11. The topological polar surface area (TPSA) is 37.6 Å². The van der Waals surface area contributed by atoms with E-state index in [0.717, 1.165) is 21.3 Å². The number of rotatable bonds is 4. The molecule has 0 bridgehead atoms. The first-order chi connectivity index (χ1) is 9.69. The van der Waals surface area contributed by atoms with Gasteiger partial charge in [-0.05, 0) is 17.7 Å². The number of aldehydes is 1. The maximum absolute atomic E-state index is 11.3. The molecule has 3 aromatic rings. The summed E-state index contributed by atoms with van der Waals surface area (Å²) >= 11 is 4.99. The molecule has 0 saturated heterocycles. The van der Waals surface area contributed by atoms with Crippen LogP contribution in [0.1, 0.15) is 16.1 Å². The van der Waals surface area contributed by atoms with E-state index in [1.165, 1.54) is 11.3 Å². The molecule has 6 heteroatoms. The van der Waals surface area contributed by atoms with Crippen molar-refractivity contribution in [2.24, 2.45) is 0 Å². The number of nitrogens with zero attached hydrogens (tertiary/aromatic N) is 3. The number of anilines is 1. The normalized spacial score (nSPS) is 10.9. The molecule has 4 nitrogen and oxygen atoms in total. The van der Waals surface area contributed by atoms with Crippen LogP contribution in [0.4, 0.5) is 5.82 Å². The van der Waals surface area contributed by atoms with Crippen LogP contribution in [0.3, 0.4) is 0 Å². The molecule has 0 unspecified atom stereocenters. The van der Waals surface area contributed by atoms with Gasteiger partial charge in [-0.25, -0.2) is 4.98 Å². The molecule has 1 aromatic carbocycles. The Hall–Kier alpha value is -1.66. The van der Waals surface area contributed by atoms with Gasteiger partial charge in [0, 0.05) is 29.6 Å². The third-order valence-corrected chi connectivity index (χ3v) is 4.31. The highest BCUT2D eigenvalue weighted by molar-refractivity contribution is 9.10. The summed E-state index contributed by atoms with van der Waals surface area (Å²) in [5.74, 6) is 0.715. The summed E-state index contributed by atoms with van der Waals surface area (Å²) in [5, 5.41) is 1.92. The van der Waals surface area contributed by atoms with Crippen molar-refractivity contribution in [1.82, 2.24) is 9.38 Å². The standard InChI is InChI=1S/C14H12BrN3OS/c1-17(8-10-3-2-4-11(15)7-10)13-12(9-19)18-5-6-20-14(18)16-13/h2-7,9H,8H2,1H3. The van der Waals surface area contributed by atoms with Crippen molar-refractivity contribution in [3.63, 3.8) is 0 Å². The van der Waals surface area contributed by atoms with Crippen LogP contribution in [0.25, 0.3) is 4.96 Å². The van der Waals surface area contributed by atoms with Crippen molar-refractivity contribution in [2.75, 3.05) is 11.9 Å². The van der Waals surface area contributed by atoms with Crippen LogP contribution in [0, 0.1) is 0 Å². The largest absolute Gasteiger partial charge is 0.353 e. The molecule has 2 aromatic heterocycles. The fraction of sp³-hybridized carbons (Fsp3) is 0.143. The van der Waals surface area contributed by atoms with Gasteiger partial charge in [0.2, 0.25) is 0 Å². The quantitative estimate of drug-likeness (QED) is 0.675. The smallest absolute Gasteiger partial charge is 0.196 e. The molecule has 0 saturated carbocycles. The molecular formula is C14H12BrN3OS. The second kappa shape index (κ2) is 5.38. The minimum Gasteiger partial charge on any atom is -0.353 e. The number of fused-ring (bicyclic) bond motifs is 1. The van der Waals surface area contributed by atoms with Crippen molar-refractivity contribution in [1.29, 1.82) is 0 Å². The van der Waals surface area contributed by atoms with Crippen LogP contribution in [0.15, 0.2) is 40.3 Å². The zero-order valence-electron chi connectivity index (χ0n) is 10.8. The molecule has 0 aliphatic carbocycles. The lowest BCUT2D eigenvalue weighted by atomic mass is 10.2. The SMILES string of the molecule is CN(Cc1cccc(Br)c1)c1nc2sccn2c1C=O. The molecule has 20 heavy (non-hydrogen) atoms. The van der Waals surface area contributed by atoms with Crippen molar-refractivity contribution < 1.29 is 4.79 Å². The van der Waals surface area contributed by atoms with Gasteiger partial charge >= 0.3 is 0 Å². The highest BCUT2D eigenvalue weighted by Crippen LogP contribution is 2.24. The number of carbonyl (C=O) groups excluding carboxylic acids is 1. The van der Waals surface area contributed by atoms with Gasteiger partial charge < -0.3 is 4.90 Å². The Morgan fingerprint density at radius 1 is 1.50 bits per heavy atom. The van der Waals surface area contributed by atoms with Gasteiger partial charge in [0.05, 0.1) is 0 Å². The fourth-order valence-corrected chi connectivity index (χ4v) is 3.33. The fourth-order valence-electron chi connectivity index (χ4n) is 2.17. The van der Waals surface area contributed by atoms with Crippen molar-refractivity contribution in [3.8, 4) is 0 Å². The number of halogens is 1. The van der Waals surface area contributed by atoms with Crippen LogP contribution < -0.4 is 4.90 Å². The van der Waals surface area contributed by atoms with Crippen LogP contribution in [0.5, 0.6) is 0 Å². The average Bonchev–Trinajstić information content (AvgIpc) is 2.98. The van der Waals surface area contributed by atoms with Crippen LogP contribution in [0.2, 0.25) is 0 Å². The number of hydrogen-bond acceptors (Lipinski definition) is 4. The highest BCUT2D eigenvalue weighted by atomic mass is 79.9. The molecule has 102 valence electrons.